The molecule has 0 saturated carbocycles. The van der Waals surface area contributed by atoms with Crippen molar-refractivity contribution in [2.24, 2.45) is 11.7 Å². The van der Waals surface area contributed by atoms with Crippen molar-refractivity contribution in [1.29, 1.82) is 0 Å². The molecule has 1 amide bonds. The Labute approximate surface area is 127 Å². The highest BCUT2D eigenvalue weighted by atomic mass is 16.2. The van der Waals surface area contributed by atoms with Crippen molar-refractivity contribution in [3.63, 3.8) is 0 Å². The first kappa shape index (κ1) is 16.0. The van der Waals surface area contributed by atoms with Crippen molar-refractivity contribution < 1.29 is 4.79 Å². The highest BCUT2D eigenvalue weighted by Crippen LogP contribution is 2.11. The number of aryl methyl sites for hydroxylation is 1. The van der Waals surface area contributed by atoms with E-state index >= 15 is 0 Å². The first-order valence-corrected chi connectivity index (χ1v) is 7.85. The number of rotatable bonds is 5. The number of benzene rings is 1. The first-order valence-electron chi connectivity index (χ1n) is 7.85. The van der Waals surface area contributed by atoms with Gasteiger partial charge >= 0.3 is 0 Å². The summed E-state index contributed by atoms with van der Waals surface area (Å²) in [7, 11) is 0. The lowest BCUT2D eigenvalue weighted by Crippen LogP contribution is -2.50. The molecule has 116 valence electrons. The quantitative estimate of drug-likeness (QED) is 0.888. The molecule has 0 aliphatic carbocycles. The number of carbonyl (C=O) groups is 1. The van der Waals surface area contributed by atoms with Gasteiger partial charge in [0.15, 0.2) is 0 Å². The lowest BCUT2D eigenvalue weighted by Gasteiger charge is -2.36. The zero-order chi connectivity index (χ0) is 15.2. The fourth-order valence-electron chi connectivity index (χ4n) is 2.78. The van der Waals surface area contributed by atoms with Gasteiger partial charge in [0.25, 0.3) is 0 Å². The molecule has 1 unspecified atom stereocenters. The van der Waals surface area contributed by atoms with E-state index in [1.165, 1.54) is 5.56 Å². The Balaban J connectivity index is 1.82. The maximum absolute atomic E-state index is 12.4. The van der Waals surface area contributed by atoms with Crippen LogP contribution in [0.4, 0.5) is 0 Å². The fourth-order valence-corrected chi connectivity index (χ4v) is 2.78. The predicted molar refractivity (Wildman–Crippen MR) is 86.1 cm³/mol. The molecule has 0 spiro atoms. The second kappa shape index (κ2) is 7.57. The van der Waals surface area contributed by atoms with E-state index in [0.717, 1.165) is 44.8 Å². The molecular weight excluding hydrogens is 262 g/mol. The number of piperazine rings is 1. The van der Waals surface area contributed by atoms with Crippen LogP contribution in [-0.2, 0) is 11.2 Å². The maximum Gasteiger partial charge on any atom is 0.227 e. The monoisotopic (exact) mass is 289 g/mol. The third-order valence-corrected chi connectivity index (χ3v) is 4.30. The molecule has 0 bridgehead atoms. The number of nitrogens with zero attached hydrogens (tertiary/aromatic N) is 2. The maximum atomic E-state index is 12.4. The summed E-state index contributed by atoms with van der Waals surface area (Å²) in [5.41, 5.74) is 8.01. The molecule has 4 nitrogen and oxygen atoms in total. The number of hydrogen-bond donors (Lipinski definition) is 1. The van der Waals surface area contributed by atoms with Crippen LogP contribution in [0.5, 0.6) is 0 Å². The molecule has 2 rings (SSSR count). The van der Waals surface area contributed by atoms with Crippen LogP contribution in [0.2, 0.25) is 0 Å². The molecule has 1 aromatic carbocycles. The van der Waals surface area contributed by atoms with E-state index < -0.39 is 0 Å². The average Bonchev–Trinajstić information content (AvgIpc) is 2.50. The molecule has 21 heavy (non-hydrogen) atoms. The van der Waals surface area contributed by atoms with E-state index in [9.17, 15) is 4.79 Å². The number of carbonyl (C=O) groups excluding carboxylic acids is 1. The molecule has 4 heteroatoms. The smallest absolute Gasteiger partial charge is 0.227 e. The fraction of sp³-hybridized carbons (Fsp3) is 0.588. The molecule has 1 saturated heterocycles. The molecule has 0 radical (unpaired) electrons. The zero-order valence-corrected chi connectivity index (χ0v) is 13.2. The van der Waals surface area contributed by atoms with Crippen LogP contribution in [-0.4, -0.2) is 55.0 Å². The van der Waals surface area contributed by atoms with E-state index in [2.05, 4.69) is 24.8 Å². The van der Waals surface area contributed by atoms with Gasteiger partial charge in [0, 0.05) is 32.7 Å². The molecule has 2 N–H and O–H groups in total. The molecule has 1 heterocycles. The van der Waals surface area contributed by atoms with Crippen LogP contribution in [0.1, 0.15) is 18.1 Å². The topological polar surface area (TPSA) is 49.6 Å². The Morgan fingerprint density at radius 3 is 2.52 bits per heavy atom. The third-order valence-electron chi connectivity index (χ3n) is 4.30. The van der Waals surface area contributed by atoms with E-state index in [1.807, 2.05) is 23.1 Å². The van der Waals surface area contributed by atoms with Gasteiger partial charge in [-0.05, 0) is 30.5 Å². The van der Waals surface area contributed by atoms with E-state index in [-0.39, 0.29) is 5.91 Å². The molecular formula is C17H27N3O. The minimum atomic E-state index is 0.246. The number of nitrogens with two attached hydrogens (primary N) is 1. The summed E-state index contributed by atoms with van der Waals surface area (Å²) in [5.74, 6) is 0.773. The van der Waals surface area contributed by atoms with Crippen molar-refractivity contribution >= 4 is 5.91 Å². The zero-order valence-electron chi connectivity index (χ0n) is 13.2. The predicted octanol–water partition coefficient (Wildman–Crippen LogP) is 1.28. The van der Waals surface area contributed by atoms with Crippen molar-refractivity contribution in [2.45, 2.75) is 20.3 Å². The largest absolute Gasteiger partial charge is 0.340 e. The molecule has 1 fully saturated rings. The van der Waals surface area contributed by atoms with Crippen LogP contribution in [0, 0.1) is 12.8 Å². The lowest BCUT2D eigenvalue weighted by molar-refractivity contribution is -0.132. The summed E-state index contributed by atoms with van der Waals surface area (Å²) in [6.45, 7) is 9.60. The van der Waals surface area contributed by atoms with E-state index in [1.54, 1.807) is 0 Å². The summed E-state index contributed by atoms with van der Waals surface area (Å²) in [4.78, 5) is 16.8. The van der Waals surface area contributed by atoms with Crippen LogP contribution in [0.15, 0.2) is 24.3 Å². The highest BCUT2D eigenvalue weighted by molar-refractivity contribution is 5.79. The van der Waals surface area contributed by atoms with Crippen molar-refractivity contribution in [1.82, 2.24) is 9.80 Å². The molecule has 1 aliphatic rings. The van der Waals surface area contributed by atoms with Crippen molar-refractivity contribution in [2.75, 3.05) is 39.3 Å². The van der Waals surface area contributed by atoms with Crippen LogP contribution < -0.4 is 5.73 Å². The summed E-state index contributed by atoms with van der Waals surface area (Å²) in [6, 6.07) is 8.13. The Hall–Kier alpha value is -1.39. The Morgan fingerprint density at radius 2 is 1.90 bits per heavy atom. The summed E-state index contributed by atoms with van der Waals surface area (Å²) >= 11 is 0. The highest BCUT2D eigenvalue weighted by Gasteiger charge is 2.22. The Kier molecular flexibility index (Phi) is 5.76. The van der Waals surface area contributed by atoms with Crippen molar-refractivity contribution in [3.8, 4) is 0 Å². The average molecular weight is 289 g/mol. The van der Waals surface area contributed by atoms with Crippen LogP contribution in [0.25, 0.3) is 0 Å². The molecule has 1 aromatic rings. The van der Waals surface area contributed by atoms with Gasteiger partial charge in [-0.2, -0.15) is 0 Å². The van der Waals surface area contributed by atoms with E-state index in [0.29, 0.717) is 12.3 Å². The van der Waals surface area contributed by atoms with Crippen LogP contribution in [0.3, 0.4) is 0 Å². The molecule has 1 aliphatic heterocycles. The van der Waals surface area contributed by atoms with Gasteiger partial charge < -0.3 is 10.6 Å². The molecule has 1 atom stereocenters. The summed E-state index contributed by atoms with van der Waals surface area (Å²) < 4.78 is 0. The standard InChI is InChI=1S/C17H27N3O/c1-14(12-18)13-19-7-9-20(10-8-19)17(21)11-16-6-4-3-5-15(16)2/h3-6,14H,7-13,18H2,1-2H3. The van der Waals surface area contributed by atoms with Crippen molar-refractivity contribution in [3.05, 3.63) is 35.4 Å². The van der Waals surface area contributed by atoms with Gasteiger partial charge in [-0.1, -0.05) is 31.2 Å². The number of amides is 1. The van der Waals surface area contributed by atoms with Gasteiger partial charge in [-0.25, -0.2) is 0 Å². The Bertz CT molecular complexity index is 467. The Morgan fingerprint density at radius 1 is 1.24 bits per heavy atom. The van der Waals surface area contributed by atoms with Gasteiger partial charge in [-0.15, -0.1) is 0 Å². The SMILES string of the molecule is Cc1ccccc1CC(=O)N1CCN(CC(C)CN)CC1. The van der Waals surface area contributed by atoms with Crippen LogP contribution >= 0.6 is 0 Å². The third kappa shape index (κ3) is 4.55. The normalized spacial score (nSPS) is 17.8. The second-order valence-electron chi connectivity index (χ2n) is 6.13. The lowest BCUT2D eigenvalue weighted by atomic mass is 10.1. The van der Waals surface area contributed by atoms with Gasteiger partial charge in [-0.3, -0.25) is 9.69 Å². The summed E-state index contributed by atoms with van der Waals surface area (Å²) in [6.07, 6.45) is 0.520. The van der Waals surface area contributed by atoms with Gasteiger partial charge in [0.05, 0.1) is 6.42 Å². The van der Waals surface area contributed by atoms with Gasteiger partial charge in [0.2, 0.25) is 5.91 Å². The second-order valence-corrected chi connectivity index (χ2v) is 6.13. The summed E-state index contributed by atoms with van der Waals surface area (Å²) in [5, 5.41) is 0. The minimum absolute atomic E-state index is 0.246. The first-order chi connectivity index (χ1) is 10.1. The number of hydrogen-bond acceptors (Lipinski definition) is 3. The molecule has 0 aromatic heterocycles. The van der Waals surface area contributed by atoms with E-state index in [4.69, 9.17) is 5.73 Å². The minimum Gasteiger partial charge on any atom is -0.340 e. The van der Waals surface area contributed by atoms with Gasteiger partial charge in [0.1, 0.15) is 0 Å².